The molecule has 0 atom stereocenters. The van der Waals surface area contributed by atoms with E-state index in [0.29, 0.717) is 72.7 Å². The zero-order valence-corrected chi connectivity index (χ0v) is 21.9. The summed E-state index contributed by atoms with van der Waals surface area (Å²) < 4.78 is 26.7. The molecule has 0 bridgehead atoms. The topological polar surface area (TPSA) is 142 Å². The summed E-state index contributed by atoms with van der Waals surface area (Å²) in [6.45, 7) is 3.12. The minimum atomic E-state index is -2.98. The van der Waals surface area contributed by atoms with E-state index in [1.807, 2.05) is 0 Å². The van der Waals surface area contributed by atoms with Gasteiger partial charge in [-0.2, -0.15) is 28.8 Å². The van der Waals surface area contributed by atoms with E-state index < -0.39 is 12.3 Å². The number of imidazole rings is 1. The highest BCUT2D eigenvalue weighted by Gasteiger charge is 2.39. The molecular weight excluding hydrogens is 544 g/mol. The number of nitrogens with one attached hydrogen (secondary N) is 2. The van der Waals surface area contributed by atoms with Gasteiger partial charge in [0.1, 0.15) is 6.07 Å². The van der Waals surface area contributed by atoms with Gasteiger partial charge in [-0.3, -0.25) is 9.69 Å². The maximum absolute atomic E-state index is 12.7. The number of alkyl halides is 2. The molecule has 1 aromatic carbocycles. The third-order valence-corrected chi connectivity index (χ3v) is 7.75. The van der Waals surface area contributed by atoms with E-state index in [1.54, 1.807) is 12.1 Å². The van der Waals surface area contributed by atoms with Crippen molar-refractivity contribution in [3.8, 4) is 12.1 Å². The van der Waals surface area contributed by atoms with Crippen LogP contribution in [0, 0.1) is 22.7 Å². The molecule has 2 saturated heterocycles. The number of piperazine rings is 1. The summed E-state index contributed by atoms with van der Waals surface area (Å²) in [7, 11) is 0. The Morgan fingerprint density at radius 1 is 1.12 bits per heavy atom. The van der Waals surface area contributed by atoms with Crippen molar-refractivity contribution in [2.75, 3.05) is 54.8 Å². The fourth-order valence-electron chi connectivity index (χ4n) is 4.98. The molecule has 4 heterocycles. The van der Waals surface area contributed by atoms with Crippen LogP contribution in [0.3, 0.4) is 0 Å². The highest BCUT2D eigenvalue weighted by molar-refractivity contribution is 6.36. The van der Waals surface area contributed by atoms with Gasteiger partial charge in [-0.15, -0.1) is 5.10 Å². The van der Waals surface area contributed by atoms with Crippen LogP contribution in [-0.4, -0.2) is 93.1 Å². The van der Waals surface area contributed by atoms with Crippen LogP contribution in [0.25, 0.3) is 5.65 Å². The number of hydrogen-bond acceptors (Lipinski definition) is 10. The Hall–Kier alpha value is -4.27. The predicted octanol–water partition coefficient (Wildman–Crippen LogP) is 2.44. The van der Waals surface area contributed by atoms with Gasteiger partial charge in [0.25, 0.3) is 5.91 Å². The van der Waals surface area contributed by atoms with Crippen molar-refractivity contribution in [1.29, 1.82) is 10.5 Å². The number of halogens is 3. The summed E-state index contributed by atoms with van der Waals surface area (Å²) in [5.41, 5.74) is 2.19. The van der Waals surface area contributed by atoms with Crippen LogP contribution in [0.5, 0.6) is 0 Å². The van der Waals surface area contributed by atoms with Crippen LogP contribution < -0.4 is 15.5 Å². The fraction of sp³-hybridized carbons (Fsp3) is 0.440. The van der Waals surface area contributed by atoms with Gasteiger partial charge in [-0.1, -0.05) is 11.6 Å². The Kier molecular flexibility index (Phi) is 6.73. The lowest BCUT2D eigenvalue weighted by Gasteiger charge is -2.48. The number of benzene rings is 1. The van der Waals surface area contributed by atoms with E-state index in [0.717, 1.165) is 12.8 Å². The van der Waals surface area contributed by atoms with Crippen LogP contribution >= 0.6 is 11.6 Å². The molecule has 3 fully saturated rings. The number of carbonyl (C=O) groups is 1. The van der Waals surface area contributed by atoms with Gasteiger partial charge in [0.05, 0.1) is 34.2 Å². The van der Waals surface area contributed by atoms with Gasteiger partial charge < -0.3 is 20.4 Å². The van der Waals surface area contributed by atoms with Crippen molar-refractivity contribution in [2.45, 2.75) is 31.4 Å². The van der Waals surface area contributed by atoms with Crippen molar-refractivity contribution in [1.82, 2.24) is 29.4 Å². The van der Waals surface area contributed by atoms with Gasteiger partial charge in [-0.05, 0) is 25.0 Å². The number of aromatic nitrogens is 4. The lowest BCUT2D eigenvalue weighted by atomic mass is 10.1. The number of hydrogen-bond donors (Lipinski definition) is 2. The SMILES string of the molecule is N#Cc1cc(Nc2nc(NC3CC3)c3ncc(C#N)n3n2)c(Cl)c(N2CCN(C3CN(C(=O)C(F)F)C3)CC2)c1. The second-order valence-electron chi connectivity index (χ2n) is 10.0. The van der Waals surface area contributed by atoms with E-state index in [9.17, 15) is 24.1 Å². The molecule has 6 rings (SSSR count). The molecule has 2 aliphatic heterocycles. The normalized spacial score (nSPS) is 17.9. The molecule has 3 aliphatic rings. The quantitative estimate of drug-likeness (QED) is 0.437. The maximum Gasteiger partial charge on any atom is 0.315 e. The largest absolute Gasteiger partial charge is 0.368 e. The molecule has 15 heteroatoms. The van der Waals surface area contributed by atoms with E-state index >= 15 is 0 Å². The number of anilines is 4. The molecule has 12 nitrogen and oxygen atoms in total. The Bertz CT molecular complexity index is 1550. The first-order valence-corrected chi connectivity index (χ1v) is 13.2. The van der Waals surface area contributed by atoms with E-state index in [-0.39, 0.29) is 23.7 Å². The second-order valence-corrected chi connectivity index (χ2v) is 10.4. The number of amides is 1. The monoisotopic (exact) mass is 567 g/mol. The zero-order valence-electron chi connectivity index (χ0n) is 21.2. The zero-order chi connectivity index (χ0) is 28.0. The van der Waals surface area contributed by atoms with Crippen molar-refractivity contribution in [3.05, 3.63) is 34.6 Å². The number of carbonyl (C=O) groups excluding carboxylic acids is 1. The number of fused-ring (bicyclic) bond motifs is 1. The molecule has 0 spiro atoms. The van der Waals surface area contributed by atoms with E-state index in [2.05, 4.69) is 47.6 Å². The van der Waals surface area contributed by atoms with Crippen LogP contribution in [-0.2, 0) is 4.79 Å². The lowest BCUT2D eigenvalue weighted by Crippen LogP contribution is -2.65. The van der Waals surface area contributed by atoms with Crippen LogP contribution in [0.1, 0.15) is 24.1 Å². The van der Waals surface area contributed by atoms with Crippen LogP contribution in [0.4, 0.5) is 31.9 Å². The average molecular weight is 568 g/mol. The van der Waals surface area contributed by atoms with E-state index in [1.165, 1.54) is 15.6 Å². The molecule has 3 aromatic rings. The van der Waals surface area contributed by atoms with Crippen LogP contribution in [0.15, 0.2) is 18.3 Å². The molecule has 1 amide bonds. The van der Waals surface area contributed by atoms with Gasteiger partial charge in [-0.25, -0.2) is 4.98 Å². The molecule has 40 heavy (non-hydrogen) atoms. The lowest BCUT2D eigenvalue weighted by molar-refractivity contribution is -0.150. The van der Waals surface area contributed by atoms with Gasteiger partial charge in [0.2, 0.25) is 5.95 Å². The second kappa shape index (κ2) is 10.4. The first-order chi connectivity index (χ1) is 19.3. The average Bonchev–Trinajstić information content (AvgIpc) is 3.65. The first-order valence-electron chi connectivity index (χ1n) is 12.8. The van der Waals surface area contributed by atoms with Gasteiger partial charge >= 0.3 is 6.43 Å². The van der Waals surface area contributed by atoms with Crippen molar-refractivity contribution in [3.63, 3.8) is 0 Å². The summed E-state index contributed by atoms with van der Waals surface area (Å²) in [6.07, 6.45) is 0.496. The third-order valence-electron chi connectivity index (χ3n) is 7.36. The minimum Gasteiger partial charge on any atom is -0.368 e. The Morgan fingerprint density at radius 3 is 2.52 bits per heavy atom. The molecule has 0 unspecified atom stereocenters. The predicted molar refractivity (Wildman–Crippen MR) is 142 cm³/mol. The summed E-state index contributed by atoms with van der Waals surface area (Å²) in [6, 6.07) is 7.93. The van der Waals surface area contributed by atoms with E-state index in [4.69, 9.17) is 11.6 Å². The molecule has 206 valence electrons. The smallest absolute Gasteiger partial charge is 0.315 e. The molecular formula is C25H24ClF2N11O. The molecule has 2 aromatic heterocycles. The number of likely N-dealkylation sites (tertiary alicyclic amines) is 1. The summed E-state index contributed by atoms with van der Waals surface area (Å²) in [4.78, 5) is 25.8. The Balaban J connectivity index is 1.20. The third kappa shape index (κ3) is 4.92. The molecule has 0 radical (unpaired) electrons. The summed E-state index contributed by atoms with van der Waals surface area (Å²) in [5, 5.41) is 30.5. The van der Waals surface area contributed by atoms with Crippen molar-refractivity contribution in [2.24, 2.45) is 0 Å². The van der Waals surface area contributed by atoms with Gasteiger partial charge in [0, 0.05) is 51.4 Å². The van der Waals surface area contributed by atoms with Crippen molar-refractivity contribution < 1.29 is 13.6 Å². The standard InChI is InChI=1S/C25H24ClF2N11O/c26-20-18(33-25-34-22(32-15-1-2-15)23-31-11-16(10-30)39(23)35-25)7-14(9-29)8-19(20)37-5-3-36(4-6-37)17-12-38(13-17)24(40)21(27)28/h7-8,11,15,17,21H,1-6,12-13H2,(H2,32,33,34,35). The first kappa shape index (κ1) is 26.0. The molecule has 1 saturated carbocycles. The Morgan fingerprint density at radius 2 is 1.88 bits per heavy atom. The number of nitriles is 2. The van der Waals surface area contributed by atoms with Crippen LogP contribution in [0.2, 0.25) is 5.02 Å². The number of nitrogens with zero attached hydrogens (tertiary/aromatic N) is 9. The minimum absolute atomic E-state index is 0.0509. The molecule has 2 N–H and O–H groups in total. The van der Waals surface area contributed by atoms with Gasteiger partial charge in [0.15, 0.2) is 17.2 Å². The van der Waals surface area contributed by atoms with Crippen molar-refractivity contribution >= 4 is 46.3 Å². The number of rotatable bonds is 7. The summed E-state index contributed by atoms with van der Waals surface area (Å²) in [5.74, 6) is -0.438. The summed E-state index contributed by atoms with van der Waals surface area (Å²) >= 11 is 6.85. The fourth-order valence-corrected chi connectivity index (χ4v) is 5.25. The highest BCUT2D eigenvalue weighted by atomic mass is 35.5. The molecule has 1 aliphatic carbocycles. The Labute approximate surface area is 232 Å². The maximum atomic E-state index is 12.7. The highest BCUT2D eigenvalue weighted by Crippen LogP contribution is 2.37.